The van der Waals surface area contributed by atoms with Gasteiger partial charge < -0.3 is 10.4 Å². The van der Waals surface area contributed by atoms with Gasteiger partial charge in [0.15, 0.2) is 0 Å². The molecule has 2 aromatic carbocycles. The van der Waals surface area contributed by atoms with E-state index in [1.54, 1.807) is 0 Å². The van der Waals surface area contributed by atoms with E-state index in [9.17, 15) is 14.3 Å². The van der Waals surface area contributed by atoms with Gasteiger partial charge in [0.25, 0.3) is 5.91 Å². The maximum absolute atomic E-state index is 13.1. The van der Waals surface area contributed by atoms with E-state index in [0.717, 1.165) is 12.1 Å². The Labute approximate surface area is 129 Å². The molecule has 0 saturated heterocycles. The highest BCUT2D eigenvalue weighted by molar-refractivity contribution is 6.34. The van der Waals surface area contributed by atoms with E-state index in [0.29, 0.717) is 5.56 Å². The molecule has 0 spiro atoms. The highest BCUT2D eigenvalue weighted by atomic mass is 35.5. The van der Waals surface area contributed by atoms with Crippen LogP contribution in [0.3, 0.4) is 0 Å². The lowest BCUT2D eigenvalue weighted by Crippen LogP contribution is -2.12. The summed E-state index contributed by atoms with van der Waals surface area (Å²) in [5.41, 5.74) is 0.396. The molecular formula is C14H7Cl2FN2O2. The second kappa shape index (κ2) is 6.00. The van der Waals surface area contributed by atoms with Crippen molar-refractivity contribution >= 4 is 34.8 Å². The molecule has 0 bridgehead atoms. The maximum atomic E-state index is 13.1. The Morgan fingerprint density at radius 3 is 2.57 bits per heavy atom. The number of halogens is 3. The Kier molecular flexibility index (Phi) is 4.32. The van der Waals surface area contributed by atoms with Gasteiger partial charge in [0.1, 0.15) is 11.6 Å². The van der Waals surface area contributed by atoms with Crippen LogP contribution in [0.15, 0.2) is 30.3 Å². The lowest BCUT2D eigenvalue weighted by atomic mass is 10.1. The smallest absolute Gasteiger partial charge is 0.259 e. The highest BCUT2D eigenvalue weighted by Gasteiger charge is 2.16. The van der Waals surface area contributed by atoms with Gasteiger partial charge in [0, 0.05) is 6.07 Å². The number of amides is 1. The average Bonchev–Trinajstić information content (AvgIpc) is 2.44. The minimum absolute atomic E-state index is 0.162. The fourth-order valence-corrected chi connectivity index (χ4v) is 1.99. The topological polar surface area (TPSA) is 73.1 Å². The molecule has 0 saturated carbocycles. The largest absolute Gasteiger partial charge is 0.507 e. The number of carbonyl (C=O) groups excluding carboxylic acids is 1. The summed E-state index contributed by atoms with van der Waals surface area (Å²) >= 11 is 11.5. The Hall–Kier alpha value is -2.29. The summed E-state index contributed by atoms with van der Waals surface area (Å²) in [5, 5.41) is 20.6. The number of phenols is 1. The van der Waals surface area contributed by atoms with Crippen molar-refractivity contribution in [1.82, 2.24) is 0 Å². The van der Waals surface area contributed by atoms with E-state index >= 15 is 0 Å². The van der Waals surface area contributed by atoms with Crippen molar-refractivity contribution in [2.75, 3.05) is 5.32 Å². The second-order valence-electron chi connectivity index (χ2n) is 4.04. The molecule has 0 heterocycles. The predicted octanol–water partition coefficient (Wildman–Crippen LogP) is 3.96. The Balaban J connectivity index is 2.31. The summed E-state index contributed by atoms with van der Waals surface area (Å²) in [7, 11) is 0. The van der Waals surface area contributed by atoms with Crippen molar-refractivity contribution in [2.24, 2.45) is 0 Å². The molecule has 0 aliphatic heterocycles. The molecule has 7 heteroatoms. The number of rotatable bonds is 2. The third-order valence-electron chi connectivity index (χ3n) is 2.63. The number of anilines is 1. The number of hydrogen-bond donors (Lipinski definition) is 2. The zero-order valence-corrected chi connectivity index (χ0v) is 11.8. The van der Waals surface area contributed by atoms with Crippen LogP contribution in [0.1, 0.15) is 15.9 Å². The molecule has 0 atom stereocenters. The fraction of sp³-hybridized carbons (Fsp3) is 0. The van der Waals surface area contributed by atoms with Gasteiger partial charge in [0.2, 0.25) is 0 Å². The summed E-state index contributed by atoms with van der Waals surface area (Å²) in [6, 6.07) is 7.97. The van der Waals surface area contributed by atoms with Gasteiger partial charge in [0.05, 0.1) is 32.9 Å². The molecule has 4 nitrogen and oxygen atoms in total. The SMILES string of the molecule is N#Cc1ccc(NC(=O)c2cc(Cl)c(F)cc2O)c(Cl)c1. The van der Waals surface area contributed by atoms with E-state index in [-0.39, 0.29) is 21.3 Å². The molecule has 2 N–H and O–H groups in total. The van der Waals surface area contributed by atoms with Crippen molar-refractivity contribution in [3.63, 3.8) is 0 Å². The van der Waals surface area contributed by atoms with Crippen LogP contribution < -0.4 is 5.32 Å². The molecule has 0 radical (unpaired) electrons. The summed E-state index contributed by atoms with van der Waals surface area (Å²) in [4.78, 5) is 12.0. The number of nitrogens with zero attached hydrogens (tertiary/aromatic N) is 1. The normalized spacial score (nSPS) is 10.0. The van der Waals surface area contributed by atoms with Crippen LogP contribution in [0.4, 0.5) is 10.1 Å². The molecule has 2 aromatic rings. The quantitative estimate of drug-likeness (QED) is 0.878. The molecule has 2 rings (SSSR count). The molecule has 0 fully saturated rings. The zero-order valence-electron chi connectivity index (χ0n) is 10.3. The average molecular weight is 325 g/mol. The summed E-state index contributed by atoms with van der Waals surface area (Å²) in [6.45, 7) is 0. The first-order valence-electron chi connectivity index (χ1n) is 5.61. The number of phenolic OH excluding ortho intramolecular Hbond substituents is 1. The third-order valence-corrected chi connectivity index (χ3v) is 3.23. The molecule has 0 aliphatic rings. The Morgan fingerprint density at radius 2 is 1.95 bits per heavy atom. The maximum Gasteiger partial charge on any atom is 0.259 e. The van der Waals surface area contributed by atoms with E-state index in [4.69, 9.17) is 28.5 Å². The molecule has 0 aromatic heterocycles. The Bertz CT molecular complexity index is 772. The summed E-state index contributed by atoms with van der Waals surface area (Å²) < 4.78 is 13.1. The van der Waals surface area contributed by atoms with Gasteiger partial charge in [-0.15, -0.1) is 0 Å². The van der Waals surface area contributed by atoms with Gasteiger partial charge in [-0.1, -0.05) is 23.2 Å². The van der Waals surface area contributed by atoms with Crippen molar-refractivity contribution in [3.05, 3.63) is 57.3 Å². The standard InChI is InChI=1S/C14H7Cl2FN2O2/c15-9-4-8(13(20)5-11(9)17)14(21)19-12-2-1-7(6-18)3-10(12)16/h1-5,20H,(H,19,21). The predicted molar refractivity (Wildman–Crippen MR) is 77.2 cm³/mol. The van der Waals surface area contributed by atoms with Crippen LogP contribution in [-0.2, 0) is 0 Å². The molecule has 0 unspecified atom stereocenters. The van der Waals surface area contributed by atoms with Crippen LogP contribution in [-0.4, -0.2) is 11.0 Å². The second-order valence-corrected chi connectivity index (χ2v) is 4.86. The van der Waals surface area contributed by atoms with Crippen molar-refractivity contribution in [2.45, 2.75) is 0 Å². The van der Waals surface area contributed by atoms with Gasteiger partial charge in [-0.05, 0) is 24.3 Å². The van der Waals surface area contributed by atoms with Gasteiger partial charge in [-0.3, -0.25) is 4.79 Å². The lowest BCUT2D eigenvalue weighted by Gasteiger charge is -2.09. The number of nitriles is 1. The zero-order chi connectivity index (χ0) is 15.6. The van der Waals surface area contributed by atoms with Crippen LogP contribution in [0.2, 0.25) is 10.0 Å². The van der Waals surface area contributed by atoms with Crippen LogP contribution in [0, 0.1) is 17.1 Å². The van der Waals surface area contributed by atoms with Crippen molar-refractivity contribution < 1.29 is 14.3 Å². The van der Waals surface area contributed by atoms with Crippen LogP contribution in [0.25, 0.3) is 0 Å². The minimum atomic E-state index is -0.831. The van der Waals surface area contributed by atoms with Crippen molar-refractivity contribution in [3.8, 4) is 11.8 Å². The van der Waals surface area contributed by atoms with Crippen LogP contribution in [0.5, 0.6) is 5.75 Å². The third kappa shape index (κ3) is 3.24. The molecule has 1 amide bonds. The lowest BCUT2D eigenvalue weighted by molar-refractivity contribution is 0.102. The highest BCUT2D eigenvalue weighted by Crippen LogP contribution is 2.28. The first kappa shape index (κ1) is 15.1. The number of aromatic hydroxyl groups is 1. The minimum Gasteiger partial charge on any atom is -0.507 e. The molecule has 106 valence electrons. The van der Waals surface area contributed by atoms with E-state index in [1.807, 2.05) is 6.07 Å². The number of benzene rings is 2. The molecular weight excluding hydrogens is 318 g/mol. The molecule has 0 aliphatic carbocycles. The summed E-state index contributed by atoms with van der Waals surface area (Å²) in [6.07, 6.45) is 0. The number of carbonyl (C=O) groups is 1. The fourth-order valence-electron chi connectivity index (χ4n) is 1.59. The van der Waals surface area contributed by atoms with Crippen LogP contribution >= 0.6 is 23.2 Å². The first-order chi connectivity index (χ1) is 9.92. The molecule has 21 heavy (non-hydrogen) atoms. The Morgan fingerprint density at radius 1 is 1.24 bits per heavy atom. The first-order valence-corrected chi connectivity index (χ1v) is 6.37. The monoisotopic (exact) mass is 324 g/mol. The van der Waals surface area contributed by atoms with Crippen molar-refractivity contribution in [1.29, 1.82) is 5.26 Å². The number of nitrogens with one attached hydrogen (secondary N) is 1. The van der Waals surface area contributed by atoms with E-state index < -0.39 is 17.5 Å². The summed E-state index contributed by atoms with van der Waals surface area (Å²) in [5.74, 6) is -2.08. The van der Waals surface area contributed by atoms with Gasteiger partial charge >= 0.3 is 0 Å². The van der Waals surface area contributed by atoms with E-state index in [2.05, 4.69) is 5.32 Å². The van der Waals surface area contributed by atoms with E-state index in [1.165, 1.54) is 18.2 Å². The van der Waals surface area contributed by atoms with Gasteiger partial charge in [-0.2, -0.15) is 5.26 Å². The van der Waals surface area contributed by atoms with Gasteiger partial charge in [-0.25, -0.2) is 4.39 Å². The number of hydrogen-bond acceptors (Lipinski definition) is 3.